The molecule has 0 aliphatic rings. The van der Waals surface area contributed by atoms with Crippen LogP contribution in [-0.4, -0.2) is 22.6 Å². The van der Waals surface area contributed by atoms with Gasteiger partial charge in [-0.25, -0.2) is 4.79 Å². The SMILES string of the molecule is O=C(Nc1ccc(OC(F)F)cc1)Nc1ccc(-c2c[nH]c3cnccc23)cc1. The number of benzene rings is 2. The van der Waals surface area contributed by atoms with Gasteiger partial charge in [-0.2, -0.15) is 8.78 Å². The molecule has 2 heterocycles. The number of pyridine rings is 1. The summed E-state index contributed by atoms with van der Waals surface area (Å²) in [6.45, 7) is -2.89. The third-order valence-corrected chi connectivity index (χ3v) is 4.27. The van der Waals surface area contributed by atoms with E-state index in [0.717, 1.165) is 22.0 Å². The monoisotopic (exact) mass is 394 g/mol. The minimum atomic E-state index is -2.89. The van der Waals surface area contributed by atoms with Crippen LogP contribution in [0.2, 0.25) is 0 Å². The Morgan fingerprint density at radius 3 is 2.28 bits per heavy atom. The third kappa shape index (κ3) is 4.32. The van der Waals surface area contributed by atoms with E-state index in [9.17, 15) is 13.6 Å². The second kappa shape index (κ2) is 7.97. The molecule has 8 heteroatoms. The van der Waals surface area contributed by atoms with E-state index in [1.165, 1.54) is 24.3 Å². The molecule has 0 radical (unpaired) electrons. The number of hydrogen-bond donors (Lipinski definition) is 3. The first-order valence-electron chi connectivity index (χ1n) is 8.73. The van der Waals surface area contributed by atoms with Crippen LogP contribution in [0.5, 0.6) is 5.75 Å². The summed E-state index contributed by atoms with van der Waals surface area (Å²) >= 11 is 0. The third-order valence-electron chi connectivity index (χ3n) is 4.27. The van der Waals surface area contributed by atoms with Crippen molar-refractivity contribution in [2.75, 3.05) is 10.6 Å². The van der Waals surface area contributed by atoms with Gasteiger partial charge in [-0.05, 0) is 48.0 Å². The minimum absolute atomic E-state index is 0.0228. The Bertz CT molecular complexity index is 1130. The number of nitrogens with one attached hydrogen (secondary N) is 3. The second-order valence-corrected chi connectivity index (χ2v) is 6.18. The van der Waals surface area contributed by atoms with Gasteiger partial charge >= 0.3 is 12.6 Å². The first-order valence-corrected chi connectivity index (χ1v) is 8.73. The van der Waals surface area contributed by atoms with Crippen LogP contribution >= 0.6 is 0 Å². The lowest BCUT2D eigenvalue weighted by atomic mass is 10.1. The summed E-state index contributed by atoms with van der Waals surface area (Å²) in [7, 11) is 0. The van der Waals surface area contributed by atoms with Crippen LogP contribution in [-0.2, 0) is 0 Å². The Hall–Kier alpha value is -3.94. The number of hydrogen-bond acceptors (Lipinski definition) is 3. The van der Waals surface area contributed by atoms with Gasteiger partial charge in [-0.3, -0.25) is 4.98 Å². The molecule has 4 rings (SSSR count). The molecule has 0 saturated carbocycles. The number of halogens is 2. The maximum Gasteiger partial charge on any atom is 0.387 e. The second-order valence-electron chi connectivity index (χ2n) is 6.18. The predicted octanol–water partition coefficient (Wildman–Crippen LogP) is 5.48. The summed E-state index contributed by atoms with van der Waals surface area (Å²) in [6, 6.07) is 14.6. The Balaban J connectivity index is 1.40. The lowest BCUT2D eigenvalue weighted by Gasteiger charge is -2.09. The fourth-order valence-electron chi connectivity index (χ4n) is 2.96. The minimum Gasteiger partial charge on any atom is -0.435 e. The fourth-order valence-corrected chi connectivity index (χ4v) is 2.96. The van der Waals surface area contributed by atoms with Crippen LogP contribution in [0.25, 0.3) is 22.0 Å². The number of amides is 2. The number of fused-ring (bicyclic) bond motifs is 1. The molecule has 3 N–H and O–H groups in total. The van der Waals surface area contributed by atoms with E-state index in [2.05, 4.69) is 25.3 Å². The number of carbonyl (C=O) groups is 1. The van der Waals surface area contributed by atoms with Crippen molar-refractivity contribution in [3.05, 3.63) is 73.2 Å². The average molecular weight is 394 g/mol. The quantitative estimate of drug-likeness (QED) is 0.420. The highest BCUT2D eigenvalue weighted by molar-refractivity contribution is 6.00. The van der Waals surface area contributed by atoms with E-state index in [1.54, 1.807) is 24.5 Å². The van der Waals surface area contributed by atoms with E-state index < -0.39 is 12.6 Å². The summed E-state index contributed by atoms with van der Waals surface area (Å²) in [6.07, 6.45) is 5.43. The molecular formula is C21H16F2N4O2. The molecule has 29 heavy (non-hydrogen) atoms. The van der Waals surface area contributed by atoms with Gasteiger partial charge in [0.15, 0.2) is 0 Å². The number of ether oxygens (including phenoxy) is 1. The number of anilines is 2. The number of alkyl halides is 2. The van der Waals surface area contributed by atoms with E-state index in [-0.39, 0.29) is 5.75 Å². The molecular weight excluding hydrogens is 378 g/mol. The van der Waals surface area contributed by atoms with Crippen molar-refractivity contribution in [3.8, 4) is 16.9 Å². The molecule has 0 aliphatic heterocycles. The van der Waals surface area contributed by atoms with Crippen molar-refractivity contribution in [3.63, 3.8) is 0 Å². The molecule has 0 saturated heterocycles. The van der Waals surface area contributed by atoms with E-state index >= 15 is 0 Å². The van der Waals surface area contributed by atoms with E-state index in [1.807, 2.05) is 24.4 Å². The van der Waals surface area contributed by atoms with Gasteiger partial charge in [0.1, 0.15) is 5.75 Å². The number of rotatable bonds is 5. The molecule has 146 valence electrons. The summed E-state index contributed by atoms with van der Waals surface area (Å²) in [5, 5.41) is 6.43. The van der Waals surface area contributed by atoms with Crippen molar-refractivity contribution in [1.29, 1.82) is 0 Å². The smallest absolute Gasteiger partial charge is 0.387 e. The fraction of sp³-hybridized carbons (Fsp3) is 0.0476. The standard InChI is InChI=1S/C21H16F2N4O2/c22-20(23)29-16-7-5-15(6-8-16)27-21(28)26-14-3-1-13(2-4-14)18-11-25-19-12-24-10-9-17(18)19/h1-12,20,25H,(H2,26,27,28). The van der Waals surface area contributed by atoms with Gasteiger partial charge in [-0.15, -0.1) is 0 Å². The van der Waals surface area contributed by atoms with Crippen molar-refractivity contribution >= 4 is 28.3 Å². The zero-order valence-electron chi connectivity index (χ0n) is 15.0. The molecule has 0 atom stereocenters. The van der Waals surface area contributed by atoms with Gasteiger partial charge in [0.25, 0.3) is 0 Å². The van der Waals surface area contributed by atoms with Crippen LogP contribution in [0.4, 0.5) is 25.0 Å². The summed E-state index contributed by atoms with van der Waals surface area (Å²) in [5.41, 5.74) is 4.07. The molecule has 2 amide bonds. The maximum atomic E-state index is 12.2. The number of aromatic amines is 1. The van der Waals surface area contributed by atoms with E-state index in [4.69, 9.17) is 0 Å². The molecule has 2 aromatic heterocycles. The summed E-state index contributed by atoms with van der Waals surface area (Å²) < 4.78 is 28.6. The zero-order valence-corrected chi connectivity index (χ0v) is 15.0. The van der Waals surface area contributed by atoms with Gasteiger partial charge in [0, 0.05) is 34.7 Å². The molecule has 0 fully saturated rings. The maximum absolute atomic E-state index is 12.2. The normalized spacial score (nSPS) is 10.9. The summed E-state index contributed by atoms with van der Waals surface area (Å²) in [4.78, 5) is 19.4. The molecule has 4 aromatic rings. The van der Waals surface area contributed by atoms with E-state index in [0.29, 0.717) is 11.4 Å². The molecule has 0 bridgehead atoms. The van der Waals surface area contributed by atoms with Gasteiger partial charge in [0.05, 0.1) is 11.7 Å². The van der Waals surface area contributed by atoms with Crippen LogP contribution in [0.15, 0.2) is 73.2 Å². The zero-order chi connectivity index (χ0) is 20.2. The lowest BCUT2D eigenvalue weighted by Crippen LogP contribution is -2.19. The van der Waals surface area contributed by atoms with Crippen LogP contribution in [0.1, 0.15) is 0 Å². The molecule has 0 aliphatic carbocycles. The predicted molar refractivity (Wildman–Crippen MR) is 107 cm³/mol. The first-order chi connectivity index (χ1) is 14.1. The Kier molecular flexibility index (Phi) is 5.07. The largest absolute Gasteiger partial charge is 0.435 e. The molecule has 0 spiro atoms. The topological polar surface area (TPSA) is 79.0 Å². The number of nitrogens with zero attached hydrogens (tertiary/aromatic N) is 1. The molecule has 2 aromatic carbocycles. The first kappa shape index (κ1) is 18.4. The Morgan fingerprint density at radius 1 is 0.966 bits per heavy atom. The van der Waals surface area contributed by atoms with Crippen molar-refractivity contribution in [2.24, 2.45) is 0 Å². The van der Waals surface area contributed by atoms with Crippen LogP contribution in [0.3, 0.4) is 0 Å². The average Bonchev–Trinajstić information content (AvgIpc) is 3.14. The van der Waals surface area contributed by atoms with Crippen LogP contribution < -0.4 is 15.4 Å². The molecule has 6 nitrogen and oxygen atoms in total. The van der Waals surface area contributed by atoms with Crippen LogP contribution in [0, 0.1) is 0 Å². The van der Waals surface area contributed by atoms with Crippen molar-refractivity contribution < 1.29 is 18.3 Å². The van der Waals surface area contributed by atoms with Crippen molar-refractivity contribution in [1.82, 2.24) is 9.97 Å². The Labute approximate surface area is 164 Å². The lowest BCUT2D eigenvalue weighted by molar-refractivity contribution is -0.0498. The molecule has 0 unspecified atom stereocenters. The Morgan fingerprint density at radius 2 is 1.62 bits per heavy atom. The number of H-pyrrole nitrogens is 1. The van der Waals surface area contributed by atoms with Crippen molar-refractivity contribution in [2.45, 2.75) is 6.61 Å². The van der Waals surface area contributed by atoms with Gasteiger partial charge in [-0.1, -0.05) is 12.1 Å². The number of urea groups is 1. The summed E-state index contributed by atoms with van der Waals surface area (Å²) in [5.74, 6) is 0.0228. The number of aromatic nitrogens is 2. The number of carbonyl (C=O) groups excluding carboxylic acids is 1. The highest BCUT2D eigenvalue weighted by atomic mass is 19.3. The highest BCUT2D eigenvalue weighted by Gasteiger charge is 2.08. The van der Waals surface area contributed by atoms with Gasteiger partial charge < -0.3 is 20.4 Å². The van der Waals surface area contributed by atoms with Gasteiger partial charge in [0.2, 0.25) is 0 Å². The highest BCUT2D eigenvalue weighted by Crippen LogP contribution is 2.28.